The van der Waals surface area contributed by atoms with Crippen LogP contribution in [0.3, 0.4) is 0 Å². The first-order chi connectivity index (χ1) is 10.2. The summed E-state index contributed by atoms with van der Waals surface area (Å²) in [6, 6.07) is 0. The summed E-state index contributed by atoms with van der Waals surface area (Å²) in [6.07, 6.45) is 1.66. The molecule has 0 amide bonds. The lowest BCUT2D eigenvalue weighted by atomic mass is 10.5. The fraction of sp³-hybridized carbons (Fsp3) is 0.583. The predicted octanol–water partition coefficient (Wildman–Crippen LogP) is 0.500. The Morgan fingerprint density at radius 3 is 2.43 bits per heavy atom. The number of rotatable bonds is 7. The Morgan fingerprint density at radius 2 is 1.86 bits per heavy atom. The number of anilines is 3. The van der Waals surface area contributed by atoms with Gasteiger partial charge in [0.15, 0.2) is 5.82 Å². The molecule has 0 aliphatic carbocycles. The highest BCUT2D eigenvalue weighted by Gasteiger charge is 2.10. The second kappa shape index (κ2) is 6.82. The van der Waals surface area contributed by atoms with Crippen molar-refractivity contribution in [2.24, 2.45) is 7.05 Å². The van der Waals surface area contributed by atoms with Gasteiger partial charge >= 0.3 is 0 Å². The summed E-state index contributed by atoms with van der Waals surface area (Å²) in [5.41, 5.74) is 0. The highest BCUT2D eigenvalue weighted by atomic mass is 15.3. The van der Waals surface area contributed by atoms with E-state index in [1.54, 1.807) is 18.1 Å². The van der Waals surface area contributed by atoms with Crippen LogP contribution in [0.1, 0.15) is 19.7 Å². The van der Waals surface area contributed by atoms with Crippen LogP contribution in [0.15, 0.2) is 6.33 Å². The van der Waals surface area contributed by atoms with Crippen molar-refractivity contribution in [3.8, 4) is 0 Å². The average Bonchev–Trinajstić information content (AvgIpc) is 2.92. The van der Waals surface area contributed by atoms with Crippen molar-refractivity contribution in [2.45, 2.75) is 20.4 Å². The molecule has 9 nitrogen and oxygen atoms in total. The van der Waals surface area contributed by atoms with Gasteiger partial charge in [0.1, 0.15) is 6.33 Å². The molecule has 21 heavy (non-hydrogen) atoms. The highest BCUT2D eigenvalue weighted by molar-refractivity contribution is 5.43. The molecule has 2 rings (SSSR count). The summed E-state index contributed by atoms with van der Waals surface area (Å²) >= 11 is 0. The molecule has 2 heterocycles. The van der Waals surface area contributed by atoms with Gasteiger partial charge in [0, 0.05) is 27.2 Å². The zero-order valence-electron chi connectivity index (χ0n) is 12.8. The van der Waals surface area contributed by atoms with Crippen LogP contribution in [0.4, 0.5) is 17.8 Å². The van der Waals surface area contributed by atoms with Gasteiger partial charge in [-0.25, -0.2) is 4.98 Å². The largest absolute Gasteiger partial charge is 0.357 e. The molecule has 0 saturated heterocycles. The molecular formula is C12H21N9. The van der Waals surface area contributed by atoms with Gasteiger partial charge in [-0.05, 0) is 13.8 Å². The number of nitrogens with zero attached hydrogens (tertiary/aromatic N) is 7. The average molecular weight is 291 g/mol. The van der Waals surface area contributed by atoms with Gasteiger partial charge < -0.3 is 15.5 Å². The standard InChI is InChI=1S/C12H21N9/c1-5-21(6-2)12-17-10(13-3)16-11(18-12)14-7-9-15-8-20(4)19-9/h8H,5-7H2,1-4H3,(H2,13,14,16,17,18). The van der Waals surface area contributed by atoms with Crippen molar-refractivity contribution in [2.75, 3.05) is 35.7 Å². The molecular weight excluding hydrogens is 270 g/mol. The first-order valence-corrected chi connectivity index (χ1v) is 6.93. The second-order valence-electron chi connectivity index (χ2n) is 4.39. The summed E-state index contributed by atoms with van der Waals surface area (Å²) in [6.45, 7) is 6.27. The first kappa shape index (κ1) is 14.9. The van der Waals surface area contributed by atoms with E-state index < -0.39 is 0 Å². The van der Waals surface area contributed by atoms with Crippen LogP contribution in [0, 0.1) is 0 Å². The molecule has 2 N–H and O–H groups in total. The third-order valence-electron chi connectivity index (χ3n) is 2.95. The number of aromatic nitrogens is 6. The monoisotopic (exact) mass is 291 g/mol. The normalized spacial score (nSPS) is 10.5. The molecule has 0 spiro atoms. The van der Waals surface area contributed by atoms with E-state index in [9.17, 15) is 0 Å². The van der Waals surface area contributed by atoms with E-state index in [0.717, 1.165) is 13.1 Å². The van der Waals surface area contributed by atoms with Crippen LogP contribution in [-0.2, 0) is 13.6 Å². The van der Waals surface area contributed by atoms with Gasteiger partial charge in [0.25, 0.3) is 0 Å². The molecule has 0 saturated carbocycles. The van der Waals surface area contributed by atoms with Crippen LogP contribution in [0.25, 0.3) is 0 Å². The zero-order chi connectivity index (χ0) is 15.2. The molecule has 0 aliphatic heterocycles. The number of aryl methyl sites for hydroxylation is 1. The van der Waals surface area contributed by atoms with Crippen molar-refractivity contribution >= 4 is 17.8 Å². The van der Waals surface area contributed by atoms with E-state index in [0.29, 0.717) is 30.2 Å². The maximum Gasteiger partial charge on any atom is 0.231 e. The van der Waals surface area contributed by atoms with E-state index in [4.69, 9.17) is 0 Å². The summed E-state index contributed by atoms with van der Waals surface area (Å²) in [5, 5.41) is 10.3. The van der Waals surface area contributed by atoms with E-state index >= 15 is 0 Å². The summed E-state index contributed by atoms with van der Waals surface area (Å²) in [4.78, 5) is 19.3. The van der Waals surface area contributed by atoms with Crippen molar-refractivity contribution in [1.29, 1.82) is 0 Å². The summed E-state index contributed by atoms with van der Waals surface area (Å²) in [7, 11) is 3.61. The minimum Gasteiger partial charge on any atom is -0.357 e. The van der Waals surface area contributed by atoms with Crippen LogP contribution < -0.4 is 15.5 Å². The molecule has 0 bridgehead atoms. The Hall–Kier alpha value is -2.45. The third-order valence-corrected chi connectivity index (χ3v) is 2.95. The molecule has 2 aromatic heterocycles. The van der Waals surface area contributed by atoms with Crippen LogP contribution in [0.5, 0.6) is 0 Å². The fourth-order valence-corrected chi connectivity index (χ4v) is 1.83. The van der Waals surface area contributed by atoms with Gasteiger partial charge in [-0.3, -0.25) is 4.68 Å². The smallest absolute Gasteiger partial charge is 0.231 e. The van der Waals surface area contributed by atoms with E-state index in [-0.39, 0.29) is 0 Å². The lowest BCUT2D eigenvalue weighted by Gasteiger charge is -2.19. The number of hydrogen-bond donors (Lipinski definition) is 2. The first-order valence-electron chi connectivity index (χ1n) is 6.93. The van der Waals surface area contributed by atoms with Gasteiger partial charge in [0.2, 0.25) is 17.8 Å². The Labute approximate surface area is 123 Å². The van der Waals surface area contributed by atoms with Crippen molar-refractivity contribution in [1.82, 2.24) is 29.7 Å². The summed E-state index contributed by atoms with van der Waals surface area (Å²) in [5.74, 6) is 2.37. The Morgan fingerprint density at radius 1 is 1.14 bits per heavy atom. The molecule has 0 aromatic carbocycles. The van der Waals surface area contributed by atoms with Crippen molar-refractivity contribution < 1.29 is 0 Å². The predicted molar refractivity (Wildman–Crippen MR) is 81.3 cm³/mol. The molecule has 0 aliphatic rings. The molecule has 114 valence electrons. The quantitative estimate of drug-likeness (QED) is 0.761. The summed E-state index contributed by atoms with van der Waals surface area (Å²) < 4.78 is 1.66. The molecule has 9 heteroatoms. The van der Waals surface area contributed by atoms with Gasteiger partial charge in [-0.2, -0.15) is 20.1 Å². The second-order valence-corrected chi connectivity index (χ2v) is 4.39. The zero-order valence-corrected chi connectivity index (χ0v) is 12.8. The maximum atomic E-state index is 4.44. The highest BCUT2D eigenvalue weighted by Crippen LogP contribution is 2.13. The van der Waals surface area contributed by atoms with E-state index in [1.807, 2.05) is 7.05 Å². The minimum absolute atomic E-state index is 0.464. The number of nitrogens with one attached hydrogen (secondary N) is 2. The van der Waals surface area contributed by atoms with E-state index in [2.05, 4.69) is 54.4 Å². The lowest BCUT2D eigenvalue weighted by Crippen LogP contribution is -2.25. The fourth-order valence-electron chi connectivity index (χ4n) is 1.83. The van der Waals surface area contributed by atoms with Crippen molar-refractivity contribution in [3.63, 3.8) is 0 Å². The Balaban J connectivity index is 2.16. The Kier molecular flexibility index (Phi) is 4.85. The number of hydrogen-bond acceptors (Lipinski definition) is 8. The lowest BCUT2D eigenvalue weighted by molar-refractivity contribution is 0.745. The van der Waals surface area contributed by atoms with Crippen LogP contribution >= 0.6 is 0 Å². The van der Waals surface area contributed by atoms with Crippen molar-refractivity contribution in [3.05, 3.63) is 12.2 Å². The molecule has 0 radical (unpaired) electrons. The van der Waals surface area contributed by atoms with Crippen LogP contribution in [-0.4, -0.2) is 49.9 Å². The Bertz CT molecular complexity index is 576. The molecule has 0 fully saturated rings. The SMILES string of the molecule is CCN(CC)c1nc(NC)nc(NCc2ncn(C)n2)n1. The van der Waals surface area contributed by atoms with E-state index in [1.165, 1.54) is 0 Å². The van der Waals surface area contributed by atoms with Gasteiger partial charge in [-0.1, -0.05) is 0 Å². The molecule has 0 atom stereocenters. The van der Waals surface area contributed by atoms with Gasteiger partial charge in [-0.15, -0.1) is 0 Å². The molecule has 2 aromatic rings. The minimum atomic E-state index is 0.464. The maximum absolute atomic E-state index is 4.44. The third kappa shape index (κ3) is 3.77. The van der Waals surface area contributed by atoms with Crippen LogP contribution in [0.2, 0.25) is 0 Å². The topological polar surface area (TPSA) is 96.7 Å². The van der Waals surface area contributed by atoms with Gasteiger partial charge in [0.05, 0.1) is 6.54 Å². The molecule has 0 unspecified atom stereocenters.